The number of alkyl halides is 1. The molecule has 0 aromatic heterocycles. The van der Waals surface area contributed by atoms with Crippen LogP contribution in [0.3, 0.4) is 0 Å². The van der Waals surface area contributed by atoms with Gasteiger partial charge in [-0.2, -0.15) is 0 Å². The summed E-state index contributed by atoms with van der Waals surface area (Å²) in [7, 11) is 0. The molecule has 0 saturated carbocycles. The van der Waals surface area contributed by atoms with Crippen molar-refractivity contribution >= 4 is 0 Å². The first-order chi connectivity index (χ1) is 4.86. The van der Waals surface area contributed by atoms with Gasteiger partial charge in [0.2, 0.25) is 0 Å². The fourth-order valence-electron chi connectivity index (χ4n) is 1.13. The van der Waals surface area contributed by atoms with Crippen molar-refractivity contribution < 1.29 is 4.39 Å². The summed E-state index contributed by atoms with van der Waals surface area (Å²) in [5, 5.41) is 0. The highest BCUT2D eigenvalue weighted by atomic mass is 19.1. The summed E-state index contributed by atoms with van der Waals surface area (Å²) in [6.45, 7) is 1.87. The zero-order valence-corrected chi connectivity index (χ0v) is 6.36. The van der Waals surface area contributed by atoms with Crippen LogP contribution >= 0.6 is 0 Å². The highest BCUT2D eigenvalue weighted by Gasteiger charge is 2.03. The monoisotopic (exact) mass is 140 g/mol. The number of hydrogen-bond donors (Lipinski definition) is 0. The lowest BCUT2D eigenvalue weighted by molar-refractivity contribution is 0.529. The van der Waals surface area contributed by atoms with Gasteiger partial charge in [-0.25, -0.2) is 4.39 Å². The van der Waals surface area contributed by atoms with Crippen LogP contribution in [0.4, 0.5) is 4.39 Å². The van der Waals surface area contributed by atoms with Gasteiger partial charge >= 0.3 is 0 Å². The van der Waals surface area contributed by atoms with E-state index in [4.69, 9.17) is 0 Å². The zero-order valence-electron chi connectivity index (χ0n) is 6.36. The second-order valence-electron chi connectivity index (χ2n) is 2.64. The molecule has 0 radical (unpaired) electrons. The van der Waals surface area contributed by atoms with Crippen LogP contribution in [0.1, 0.15) is 26.2 Å². The molecule has 0 N–H and O–H groups in total. The minimum Gasteiger partial charge on any atom is -0.246 e. The van der Waals surface area contributed by atoms with Gasteiger partial charge in [0.1, 0.15) is 6.67 Å². The molecule has 56 valence electrons. The van der Waals surface area contributed by atoms with Gasteiger partial charge in [0.05, 0.1) is 0 Å². The molecule has 0 aliphatic heterocycles. The third-order valence-electron chi connectivity index (χ3n) is 1.95. The third-order valence-corrected chi connectivity index (χ3v) is 1.95. The Balaban J connectivity index is 2.55. The zero-order chi connectivity index (χ0) is 7.40. The quantitative estimate of drug-likeness (QED) is 0.553. The van der Waals surface area contributed by atoms with Crippen molar-refractivity contribution in [3.05, 3.63) is 23.3 Å². The summed E-state index contributed by atoms with van der Waals surface area (Å²) in [5.41, 5.74) is 2.38. The average Bonchev–Trinajstić information content (AvgIpc) is 2.05. The normalized spacial score (nSPS) is 18.2. The molecule has 0 bridgehead atoms. The molecule has 0 aromatic carbocycles. The number of hydrogen-bond acceptors (Lipinski definition) is 0. The van der Waals surface area contributed by atoms with Gasteiger partial charge in [0.15, 0.2) is 0 Å². The van der Waals surface area contributed by atoms with E-state index in [1.54, 1.807) is 0 Å². The molecule has 0 aromatic rings. The van der Waals surface area contributed by atoms with E-state index in [1.165, 1.54) is 5.57 Å². The van der Waals surface area contributed by atoms with E-state index in [2.05, 4.69) is 13.0 Å². The van der Waals surface area contributed by atoms with E-state index in [1.807, 2.05) is 6.08 Å². The van der Waals surface area contributed by atoms with E-state index in [-0.39, 0.29) is 6.67 Å². The van der Waals surface area contributed by atoms with Crippen molar-refractivity contribution in [3.8, 4) is 0 Å². The molecule has 0 atom stereocenters. The third kappa shape index (κ3) is 1.69. The molecule has 0 nitrogen and oxygen atoms in total. The molecule has 1 aliphatic carbocycles. The molecule has 0 saturated heterocycles. The Kier molecular flexibility index (Phi) is 2.67. The number of allylic oxidation sites excluding steroid dienone is 4. The Morgan fingerprint density at radius 3 is 2.30 bits per heavy atom. The standard InChI is InChI=1S/C9H13F/c1-2-8-3-5-9(7-10)6-4-8/h3,5H,2,4,6-7H2,1H3. The van der Waals surface area contributed by atoms with Crippen LogP contribution in [-0.2, 0) is 0 Å². The van der Waals surface area contributed by atoms with Crippen molar-refractivity contribution in [2.45, 2.75) is 26.2 Å². The molecule has 0 unspecified atom stereocenters. The first-order valence-electron chi connectivity index (χ1n) is 3.80. The van der Waals surface area contributed by atoms with Gasteiger partial charge in [-0.3, -0.25) is 0 Å². The molecule has 10 heavy (non-hydrogen) atoms. The summed E-state index contributed by atoms with van der Waals surface area (Å²) in [5.74, 6) is 0. The minimum atomic E-state index is -0.270. The first kappa shape index (κ1) is 7.52. The maximum Gasteiger partial charge on any atom is 0.111 e. The predicted octanol–water partition coefficient (Wildman–Crippen LogP) is 3.01. The topological polar surface area (TPSA) is 0 Å². The van der Waals surface area contributed by atoms with E-state index < -0.39 is 0 Å². The van der Waals surface area contributed by atoms with Crippen LogP contribution in [0.15, 0.2) is 23.3 Å². The summed E-state index contributed by atoms with van der Waals surface area (Å²) in [4.78, 5) is 0. The Hall–Kier alpha value is -0.590. The molecule has 1 heteroatoms. The van der Waals surface area contributed by atoms with Crippen molar-refractivity contribution in [2.75, 3.05) is 6.67 Å². The number of rotatable bonds is 2. The van der Waals surface area contributed by atoms with E-state index in [0.29, 0.717) is 0 Å². The summed E-state index contributed by atoms with van der Waals surface area (Å²) in [6, 6.07) is 0. The van der Waals surface area contributed by atoms with Crippen LogP contribution < -0.4 is 0 Å². The molecular formula is C9H13F. The molecule has 0 spiro atoms. The van der Waals surface area contributed by atoms with Gasteiger partial charge in [-0.05, 0) is 24.8 Å². The molecule has 0 fully saturated rings. The van der Waals surface area contributed by atoms with Crippen LogP contribution in [-0.4, -0.2) is 6.67 Å². The molecule has 1 aliphatic rings. The van der Waals surface area contributed by atoms with Crippen LogP contribution in [0.5, 0.6) is 0 Å². The first-order valence-corrected chi connectivity index (χ1v) is 3.80. The second kappa shape index (κ2) is 3.55. The highest BCUT2D eigenvalue weighted by molar-refractivity contribution is 5.23. The van der Waals surface area contributed by atoms with E-state index >= 15 is 0 Å². The van der Waals surface area contributed by atoms with Gasteiger partial charge in [0.25, 0.3) is 0 Å². The maximum absolute atomic E-state index is 12.0. The van der Waals surface area contributed by atoms with Gasteiger partial charge in [-0.1, -0.05) is 24.6 Å². The second-order valence-corrected chi connectivity index (χ2v) is 2.64. The minimum absolute atomic E-state index is 0.270. The molecule has 0 amide bonds. The van der Waals surface area contributed by atoms with Crippen LogP contribution in [0.25, 0.3) is 0 Å². The van der Waals surface area contributed by atoms with Gasteiger partial charge in [-0.15, -0.1) is 0 Å². The fraction of sp³-hybridized carbons (Fsp3) is 0.556. The largest absolute Gasteiger partial charge is 0.246 e. The Morgan fingerprint density at radius 2 is 1.90 bits per heavy atom. The Morgan fingerprint density at radius 1 is 1.30 bits per heavy atom. The number of halogens is 1. The fourth-order valence-corrected chi connectivity index (χ4v) is 1.13. The van der Waals surface area contributed by atoms with Crippen LogP contribution in [0.2, 0.25) is 0 Å². The summed E-state index contributed by atoms with van der Waals surface area (Å²) >= 11 is 0. The van der Waals surface area contributed by atoms with Crippen LogP contribution in [0, 0.1) is 0 Å². The van der Waals surface area contributed by atoms with E-state index in [0.717, 1.165) is 24.8 Å². The predicted molar refractivity (Wildman–Crippen MR) is 41.7 cm³/mol. The molecule has 1 rings (SSSR count). The van der Waals surface area contributed by atoms with Crippen molar-refractivity contribution in [2.24, 2.45) is 0 Å². The van der Waals surface area contributed by atoms with Crippen molar-refractivity contribution in [1.29, 1.82) is 0 Å². The summed E-state index contributed by atoms with van der Waals surface area (Å²) in [6.07, 6.45) is 7.07. The summed E-state index contributed by atoms with van der Waals surface area (Å²) < 4.78 is 12.0. The van der Waals surface area contributed by atoms with Gasteiger partial charge in [0, 0.05) is 0 Å². The van der Waals surface area contributed by atoms with E-state index in [9.17, 15) is 4.39 Å². The average molecular weight is 140 g/mol. The highest BCUT2D eigenvalue weighted by Crippen LogP contribution is 2.20. The van der Waals surface area contributed by atoms with Crippen molar-refractivity contribution in [3.63, 3.8) is 0 Å². The lowest BCUT2D eigenvalue weighted by Gasteiger charge is -2.09. The van der Waals surface area contributed by atoms with Gasteiger partial charge < -0.3 is 0 Å². The Bertz CT molecular complexity index is 146. The van der Waals surface area contributed by atoms with Crippen molar-refractivity contribution in [1.82, 2.24) is 0 Å². The molecular weight excluding hydrogens is 127 g/mol. The lowest BCUT2D eigenvalue weighted by Crippen LogP contribution is -1.93. The maximum atomic E-state index is 12.0. The smallest absolute Gasteiger partial charge is 0.111 e. The lowest BCUT2D eigenvalue weighted by atomic mass is 9.98. The SMILES string of the molecule is CCC1=CC=C(CF)CC1. The molecule has 0 heterocycles. The Labute approximate surface area is 61.4 Å².